The lowest BCUT2D eigenvalue weighted by atomic mass is 9.92. The van der Waals surface area contributed by atoms with Crippen LogP contribution in [0.25, 0.3) is 6.08 Å². The number of halogens is 1. The maximum absolute atomic E-state index is 12.3. The minimum Gasteiger partial charge on any atom is -0.462 e. The number of hydrogen-bond donors (Lipinski definition) is 0. The topological polar surface area (TPSA) is 77.1 Å². The molecule has 0 aliphatic carbocycles. The molecule has 1 aromatic rings. The van der Waals surface area contributed by atoms with Crippen LogP contribution in [0.5, 0.6) is 0 Å². The molecule has 1 saturated heterocycles. The molecule has 5 nitrogen and oxygen atoms in total. The van der Waals surface area contributed by atoms with Gasteiger partial charge in [-0.2, -0.15) is 10.5 Å². The summed E-state index contributed by atoms with van der Waals surface area (Å²) in [5.41, 5.74) is -0.294. The average Bonchev–Trinajstić information content (AvgIpc) is 3.19. The Morgan fingerprint density at radius 3 is 2.68 bits per heavy atom. The lowest BCUT2D eigenvalue weighted by Gasteiger charge is -2.32. The lowest BCUT2D eigenvalue weighted by Crippen LogP contribution is -2.33. The molecule has 1 aliphatic rings. The van der Waals surface area contributed by atoms with Gasteiger partial charge in [-0.25, -0.2) is 4.79 Å². The van der Waals surface area contributed by atoms with Gasteiger partial charge in [0.25, 0.3) is 0 Å². The third kappa shape index (κ3) is 5.94. The fourth-order valence-electron chi connectivity index (χ4n) is 3.18. The van der Waals surface area contributed by atoms with E-state index in [1.165, 1.54) is 6.08 Å². The smallest absolute Gasteiger partial charge is 0.340 e. The van der Waals surface area contributed by atoms with Crippen LogP contribution < -0.4 is 4.90 Å². The summed E-state index contributed by atoms with van der Waals surface area (Å²) in [6.07, 6.45) is 6.97. The second-order valence-corrected chi connectivity index (χ2v) is 7.60. The Bertz CT molecular complexity index is 792. The van der Waals surface area contributed by atoms with Gasteiger partial charge in [-0.3, -0.25) is 4.39 Å². The molecule has 28 heavy (non-hydrogen) atoms. The highest BCUT2D eigenvalue weighted by molar-refractivity contribution is 7.16. The Labute approximate surface area is 169 Å². The van der Waals surface area contributed by atoms with Gasteiger partial charge in [-0.1, -0.05) is 0 Å². The molecule has 2 heterocycles. The summed E-state index contributed by atoms with van der Waals surface area (Å²) < 4.78 is 17.3. The summed E-state index contributed by atoms with van der Waals surface area (Å²) >= 11 is 1.59. The normalized spacial score (nSPS) is 14.5. The van der Waals surface area contributed by atoms with Crippen molar-refractivity contribution in [2.24, 2.45) is 5.92 Å². The predicted molar refractivity (Wildman–Crippen MR) is 108 cm³/mol. The number of piperidine rings is 1. The van der Waals surface area contributed by atoms with E-state index in [0.29, 0.717) is 12.3 Å². The molecule has 148 valence electrons. The second-order valence-electron chi connectivity index (χ2n) is 6.50. The Morgan fingerprint density at radius 2 is 2.07 bits per heavy atom. The van der Waals surface area contributed by atoms with E-state index in [4.69, 9.17) is 15.3 Å². The minimum atomic E-state index is -0.677. The molecule has 0 bridgehead atoms. The number of allylic oxidation sites excluding steroid dienone is 1. The van der Waals surface area contributed by atoms with Crippen molar-refractivity contribution in [3.05, 3.63) is 34.2 Å². The molecule has 0 N–H and O–H groups in total. The summed E-state index contributed by atoms with van der Waals surface area (Å²) in [5, 5.41) is 19.3. The van der Waals surface area contributed by atoms with Gasteiger partial charge in [0, 0.05) is 18.0 Å². The summed E-state index contributed by atoms with van der Waals surface area (Å²) in [4.78, 5) is 15.3. The van der Waals surface area contributed by atoms with Crippen molar-refractivity contribution in [1.29, 1.82) is 10.5 Å². The molecule has 0 saturated carbocycles. The third-order valence-electron chi connectivity index (χ3n) is 4.69. The van der Waals surface area contributed by atoms with Crippen LogP contribution in [0.3, 0.4) is 0 Å². The van der Waals surface area contributed by atoms with E-state index >= 15 is 0 Å². The van der Waals surface area contributed by atoms with Gasteiger partial charge in [0.05, 0.1) is 23.9 Å². The lowest BCUT2D eigenvalue weighted by molar-refractivity contribution is -0.138. The molecule has 1 aliphatic heterocycles. The number of hydrogen-bond acceptors (Lipinski definition) is 6. The molecule has 0 amide bonds. The Morgan fingerprint density at radius 1 is 1.36 bits per heavy atom. The van der Waals surface area contributed by atoms with Crippen molar-refractivity contribution < 1.29 is 13.9 Å². The molecular formula is C21H24FN3O2S. The molecule has 1 fully saturated rings. The summed E-state index contributed by atoms with van der Waals surface area (Å²) in [5.74, 6) is -0.0667. The van der Waals surface area contributed by atoms with E-state index in [0.717, 1.165) is 42.2 Å². The van der Waals surface area contributed by atoms with Crippen LogP contribution in [0.15, 0.2) is 29.4 Å². The zero-order chi connectivity index (χ0) is 20.4. The first kappa shape index (κ1) is 21.7. The third-order valence-corrected chi connectivity index (χ3v) is 5.80. The van der Waals surface area contributed by atoms with Crippen LogP contribution >= 0.6 is 11.3 Å². The SMILES string of the molecule is CCOC(=O)C(/C=C/c1ccc(N2CCC(CCCF)CC2)s1)=C(C#N)C#N. The van der Waals surface area contributed by atoms with Gasteiger partial charge in [0.1, 0.15) is 17.7 Å². The van der Waals surface area contributed by atoms with Crippen molar-refractivity contribution >= 4 is 28.4 Å². The molecule has 0 aromatic carbocycles. The van der Waals surface area contributed by atoms with E-state index in [1.54, 1.807) is 36.5 Å². The number of carbonyl (C=O) groups excluding carboxylic acids is 1. The predicted octanol–water partition coefficient (Wildman–Crippen LogP) is 4.63. The van der Waals surface area contributed by atoms with Crippen LogP contribution in [0.1, 0.15) is 37.5 Å². The largest absolute Gasteiger partial charge is 0.462 e. The van der Waals surface area contributed by atoms with Gasteiger partial charge in [-0.05, 0) is 62.8 Å². The molecule has 0 unspecified atom stereocenters. The summed E-state index contributed by atoms with van der Waals surface area (Å²) in [7, 11) is 0. The van der Waals surface area contributed by atoms with E-state index in [2.05, 4.69) is 4.90 Å². The number of nitrogens with zero attached hydrogens (tertiary/aromatic N) is 3. The standard InChI is InChI=1S/C21H24FN3O2S/c1-2-27-21(26)19(17(14-23)15-24)7-5-18-6-8-20(28-18)25-12-9-16(10-13-25)4-3-11-22/h5-8,16H,2-4,9-13H2,1H3/b7-5+. The number of ether oxygens (including phenoxy) is 1. The van der Waals surface area contributed by atoms with Crippen molar-refractivity contribution in [2.45, 2.75) is 32.6 Å². The Hall–Kier alpha value is -2.64. The first-order chi connectivity index (χ1) is 13.6. The number of rotatable bonds is 8. The van der Waals surface area contributed by atoms with Gasteiger partial charge >= 0.3 is 5.97 Å². The van der Waals surface area contributed by atoms with E-state index in [-0.39, 0.29) is 24.4 Å². The molecule has 0 spiro atoms. The van der Waals surface area contributed by atoms with Gasteiger partial charge in [0.15, 0.2) is 0 Å². The fraction of sp³-hybridized carbons (Fsp3) is 0.476. The van der Waals surface area contributed by atoms with Crippen LogP contribution in [0.2, 0.25) is 0 Å². The maximum Gasteiger partial charge on any atom is 0.340 e. The number of carbonyl (C=O) groups is 1. The maximum atomic E-state index is 12.3. The molecule has 1 aromatic heterocycles. The number of nitriles is 2. The minimum absolute atomic E-state index is 0.0320. The van der Waals surface area contributed by atoms with E-state index in [9.17, 15) is 9.18 Å². The molecule has 0 radical (unpaired) electrons. The fourth-order valence-corrected chi connectivity index (χ4v) is 4.14. The van der Waals surface area contributed by atoms with Crippen LogP contribution in [0, 0.1) is 28.6 Å². The second kappa shape index (κ2) is 11.3. The first-order valence-electron chi connectivity index (χ1n) is 9.43. The molecular weight excluding hydrogens is 377 g/mol. The van der Waals surface area contributed by atoms with Crippen molar-refractivity contribution in [3.63, 3.8) is 0 Å². The van der Waals surface area contributed by atoms with Crippen molar-refractivity contribution in [2.75, 3.05) is 31.3 Å². The van der Waals surface area contributed by atoms with Crippen molar-refractivity contribution in [1.82, 2.24) is 0 Å². The van der Waals surface area contributed by atoms with E-state index in [1.807, 2.05) is 12.1 Å². The van der Waals surface area contributed by atoms with Gasteiger partial charge in [0.2, 0.25) is 0 Å². The first-order valence-corrected chi connectivity index (χ1v) is 10.2. The number of thiophene rings is 1. The molecule has 2 rings (SSSR count). The molecule has 0 atom stereocenters. The number of esters is 1. The average molecular weight is 402 g/mol. The van der Waals surface area contributed by atoms with E-state index < -0.39 is 5.97 Å². The van der Waals surface area contributed by atoms with Gasteiger partial charge in [-0.15, -0.1) is 11.3 Å². The highest BCUT2D eigenvalue weighted by atomic mass is 32.1. The number of anilines is 1. The molecule has 7 heteroatoms. The monoisotopic (exact) mass is 401 g/mol. The van der Waals surface area contributed by atoms with Crippen LogP contribution in [-0.4, -0.2) is 32.3 Å². The zero-order valence-electron chi connectivity index (χ0n) is 16.0. The van der Waals surface area contributed by atoms with Gasteiger partial charge < -0.3 is 9.64 Å². The van der Waals surface area contributed by atoms with Crippen LogP contribution in [0.4, 0.5) is 9.39 Å². The highest BCUT2D eigenvalue weighted by Gasteiger charge is 2.20. The van der Waals surface area contributed by atoms with Crippen LogP contribution in [-0.2, 0) is 9.53 Å². The van der Waals surface area contributed by atoms with Crippen molar-refractivity contribution in [3.8, 4) is 12.1 Å². The summed E-state index contributed by atoms with van der Waals surface area (Å²) in [6, 6.07) is 7.47. The Kier molecular flexibility index (Phi) is 8.71. The Balaban J connectivity index is 2.05. The number of alkyl halides is 1. The zero-order valence-corrected chi connectivity index (χ0v) is 16.8. The highest BCUT2D eigenvalue weighted by Crippen LogP contribution is 2.32. The quantitative estimate of drug-likeness (QED) is 0.275. The summed E-state index contributed by atoms with van der Waals surface area (Å²) in [6.45, 7) is 3.53.